The van der Waals surface area contributed by atoms with E-state index in [9.17, 15) is 19.2 Å². The first-order chi connectivity index (χ1) is 30.1. The normalized spacial score (nSPS) is 11.0. The summed E-state index contributed by atoms with van der Waals surface area (Å²) in [6, 6.07) is 33.3. The fourth-order valence-corrected chi connectivity index (χ4v) is 11.9. The molecule has 7 rings (SSSR count). The molecule has 8 nitrogen and oxygen atoms in total. The van der Waals surface area contributed by atoms with Crippen LogP contribution in [0.1, 0.15) is 66.6 Å². The molecule has 0 atom stereocenters. The third-order valence-corrected chi connectivity index (χ3v) is 15.1. The van der Waals surface area contributed by atoms with E-state index in [0.29, 0.717) is 53.6 Å². The minimum atomic E-state index is -0.413. The van der Waals surface area contributed by atoms with Crippen molar-refractivity contribution in [1.82, 2.24) is 0 Å². The highest BCUT2D eigenvalue weighted by Crippen LogP contribution is 2.42. The summed E-state index contributed by atoms with van der Waals surface area (Å²) in [6.07, 6.45) is 7.51. The van der Waals surface area contributed by atoms with E-state index >= 15 is 0 Å². The molecule has 0 N–H and O–H groups in total. The molecule has 0 spiro atoms. The van der Waals surface area contributed by atoms with Crippen molar-refractivity contribution in [1.29, 1.82) is 0 Å². The molecule has 0 aliphatic carbocycles. The molecule has 0 amide bonds. The first-order valence-electron chi connectivity index (χ1n) is 19.6. The van der Waals surface area contributed by atoms with Crippen LogP contribution in [0.25, 0.3) is 11.4 Å². The van der Waals surface area contributed by atoms with Crippen LogP contribution in [0.2, 0.25) is 10.0 Å². The van der Waals surface area contributed by atoms with Crippen LogP contribution in [-0.2, 0) is 43.4 Å². The van der Waals surface area contributed by atoms with Gasteiger partial charge in [0.1, 0.15) is 8.42 Å². The summed E-state index contributed by atoms with van der Waals surface area (Å²) in [5.41, 5.74) is 5.82. The van der Waals surface area contributed by atoms with Crippen LogP contribution in [-0.4, -0.2) is 36.7 Å². The molecule has 4 heterocycles. The zero-order valence-electron chi connectivity index (χ0n) is 33.7. The second-order valence-electron chi connectivity index (χ2n) is 13.7. The van der Waals surface area contributed by atoms with E-state index in [1.807, 2.05) is 76.4 Å². The highest BCUT2D eigenvalue weighted by atomic mass is 35.5. The predicted octanol–water partition coefficient (Wildman–Crippen LogP) is 10.9. The molecule has 0 aliphatic rings. The lowest BCUT2D eigenvalue weighted by Crippen LogP contribution is -2.31. The van der Waals surface area contributed by atoms with Crippen molar-refractivity contribution in [3.63, 3.8) is 0 Å². The van der Waals surface area contributed by atoms with Crippen molar-refractivity contribution in [2.75, 3.05) is 13.2 Å². The predicted molar refractivity (Wildman–Crippen MR) is 248 cm³/mol. The number of ether oxygens (including phenoxy) is 2. The van der Waals surface area contributed by atoms with E-state index in [1.54, 1.807) is 85.9 Å². The number of rotatable bonds is 18. The molecule has 0 radical (unpaired) electrons. The van der Waals surface area contributed by atoms with Crippen LogP contribution in [0.4, 0.5) is 0 Å². The average Bonchev–Trinajstić information content (AvgIpc) is 3.83. The number of hydrogen-bond donors (Lipinski definition) is 0. The molecule has 4 aromatic heterocycles. The van der Waals surface area contributed by atoms with E-state index in [-0.39, 0.29) is 37.6 Å². The van der Waals surface area contributed by atoms with E-state index < -0.39 is 11.9 Å². The first kappa shape index (κ1) is 45.0. The van der Waals surface area contributed by atoms with Gasteiger partial charge in [0.05, 0.1) is 46.9 Å². The molecule has 14 heteroatoms. The Hall–Kier alpha value is -5.08. The number of pyridine rings is 2. The lowest BCUT2D eigenvalue weighted by Gasteiger charge is -2.07. The number of carbonyl (C=O) groups is 4. The molecule has 3 aromatic carbocycles. The number of benzene rings is 3. The van der Waals surface area contributed by atoms with Crippen LogP contribution in [0.15, 0.2) is 142 Å². The number of aromatic nitrogens is 2. The van der Waals surface area contributed by atoms with Crippen LogP contribution >= 0.6 is 69.4 Å². The average molecular weight is 940 g/mol. The fraction of sp³-hybridized carbons (Fsp3) is 0.167. The van der Waals surface area contributed by atoms with Gasteiger partial charge in [-0.25, -0.2) is 0 Å². The van der Waals surface area contributed by atoms with Crippen molar-refractivity contribution in [2.45, 2.75) is 46.6 Å². The Kier molecular flexibility index (Phi) is 15.5. The van der Waals surface area contributed by atoms with Crippen LogP contribution in [0, 0.1) is 0 Å². The minimum Gasteiger partial charge on any atom is -0.466 e. The molecule has 0 fully saturated rings. The Labute approximate surface area is 386 Å². The Morgan fingerprint density at radius 3 is 1.31 bits per heavy atom. The number of hydrogen-bond acceptors (Lipinski definition) is 10. The van der Waals surface area contributed by atoms with Crippen molar-refractivity contribution in [3.05, 3.63) is 187 Å². The number of ketones is 2. The van der Waals surface area contributed by atoms with Gasteiger partial charge < -0.3 is 9.47 Å². The number of halogens is 2. The fourth-order valence-electron chi connectivity index (χ4n) is 6.66. The lowest BCUT2D eigenvalue weighted by molar-refractivity contribution is -0.598. The summed E-state index contributed by atoms with van der Waals surface area (Å²) in [6.45, 7) is 3.98. The van der Waals surface area contributed by atoms with Crippen LogP contribution in [0.3, 0.4) is 0 Å². The molecule has 0 unspecified atom stereocenters. The molecule has 314 valence electrons. The van der Waals surface area contributed by atoms with Gasteiger partial charge in [-0.1, -0.05) is 59.6 Å². The lowest BCUT2D eigenvalue weighted by atomic mass is 10.0. The smallest absolute Gasteiger partial charge is 0.310 e. The van der Waals surface area contributed by atoms with Gasteiger partial charge in [0.2, 0.25) is 22.9 Å². The number of nitrogens with zero attached hydrogens (tertiary/aromatic N) is 2. The monoisotopic (exact) mass is 938 g/mol. The second-order valence-corrected chi connectivity index (χ2v) is 19.1. The van der Waals surface area contributed by atoms with Crippen LogP contribution in [0.5, 0.6) is 0 Å². The molecule has 7 aromatic rings. The Morgan fingerprint density at radius 2 is 0.935 bits per heavy atom. The van der Waals surface area contributed by atoms with Gasteiger partial charge in [0.25, 0.3) is 0 Å². The number of thiophene rings is 2. The largest absolute Gasteiger partial charge is 0.466 e. The van der Waals surface area contributed by atoms with Crippen molar-refractivity contribution in [3.8, 4) is 11.4 Å². The molecular formula is C48H40Cl2N2O6S4+2. The Bertz CT molecular complexity index is 2520. The Morgan fingerprint density at radius 1 is 0.548 bits per heavy atom. The first-order valence-corrected chi connectivity index (χ1v) is 24.0. The maximum absolute atomic E-state index is 14.1. The van der Waals surface area contributed by atoms with Gasteiger partial charge in [-0.05, 0) is 73.5 Å². The quantitative estimate of drug-likeness (QED) is 0.0363. The zero-order chi connectivity index (χ0) is 43.6. The molecule has 0 bridgehead atoms. The maximum atomic E-state index is 14.1. The number of thioether (sulfide) groups is 2. The van der Waals surface area contributed by atoms with Crippen molar-refractivity contribution < 1.29 is 37.8 Å². The second kappa shape index (κ2) is 21.3. The van der Waals surface area contributed by atoms with Gasteiger partial charge in [0.15, 0.2) is 24.8 Å². The van der Waals surface area contributed by atoms with E-state index in [0.717, 1.165) is 30.9 Å². The van der Waals surface area contributed by atoms with Gasteiger partial charge in [-0.15, -0.1) is 46.2 Å². The molecule has 0 saturated carbocycles. The molecule has 0 saturated heterocycles. The van der Waals surface area contributed by atoms with Gasteiger partial charge >= 0.3 is 11.9 Å². The highest BCUT2D eigenvalue weighted by Gasteiger charge is 2.33. The van der Waals surface area contributed by atoms with Gasteiger partial charge in [-0.2, -0.15) is 9.13 Å². The minimum absolute atomic E-state index is 0.0655. The topological polar surface area (TPSA) is 94.5 Å². The van der Waals surface area contributed by atoms with Gasteiger partial charge in [-0.3, -0.25) is 19.2 Å². The third-order valence-electron chi connectivity index (χ3n) is 9.45. The van der Waals surface area contributed by atoms with Crippen molar-refractivity contribution in [2.24, 2.45) is 0 Å². The van der Waals surface area contributed by atoms with Crippen LogP contribution < -0.4 is 9.13 Å². The van der Waals surface area contributed by atoms with E-state index in [2.05, 4.69) is 18.2 Å². The highest BCUT2D eigenvalue weighted by molar-refractivity contribution is 8.00. The zero-order valence-corrected chi connectivity index (χ0v) is 38.5. The number of esters is 2. The summed E-state index contributed by atoms with van der Waals surface area (Å²) >= 11 is 18.3. The standard InChI is InChI=1S/C48H40Cl2N2O6S4/c1-3-57-39(53)27-37-41(51-22-7-5-8-23-51)47(61-45(37)43(55)33-14-18-35(49)19-15-33)59-29-31-12-11-13-32(26-31)30-60-48-42(52-24-9-6-10-25-52)38(28-40(54)58-4-2)46(62-48)44(56)34-16-20-36(50)21-17-34/h5-26H,3-4,27-30H2,1-2H3/q+2. The Balaban J connectivity index is 1.20. The van der Waals surface area contributed by atoms with Gasteiger partial charge in [0, 0.05) is 56.9 Å². The summed E-state index contributed by atoms with van der Waals surface area (Å²) in [5, 5.41) is 1.05. The summed E-state index contributed by atoms with van der Waals surface area (Å²) in [7, 11) is 0. The maximum Gasteiger partial charge on any atom is 0.310 e. The molecule has 0 aliphatic heterocycles. The SMILES string of the molecule is CCOC(=O)Cc1c(C(=O)c2ccc(Cl)cc2)sc(SCc2cccc(CSc3sc(C(=O)c4ccc(Cl)cc4)c(CC(=O)OCC)c3-[n+]3ccccc3)c2)c1-[n+]1ccccc1. The number of carbonyl (C=O) groups excluding carboxylic acids is 4. The van der Waals surface area contributed by atoms with E-state index in [4.69, 9.17) is 32.7 Å². The third kappa shape index (κ3) is 10.9. The van der Waals surface area contributed by atoms with E-state index in [1.165, 1.54) is 22.7 Å². The molecular weight excluding hydrogens is 900 g/mol. The summed E-state index contributed by atoms with van der Waals surface area (Å²) in [4.78, 5) is 55.2. The summed E-state index contributed by atoms with van der Waals surface area (Å²) in [5.74, 6) is -0.0479. The van der Waals surface area contributed by atoms with Crippen molar-refractivity contribution >= 4 is 92.9 Å². The summed E-state index contributed by atoms with van der Waals surface area (Å²) < 4.78 is 16.4. The molecule has 62 heavy (non-hydrogen) atoms.